The van der Waals surface area contributed by atoms with Crippen LogP contribution in [0, 0.1) is 0 Å². The van der Waals surface area contributed by atoms with Crippen molar-refractivity contribution in [1.29, 1.82) is 0 Å². The molecule has 2 heteroatoms. The van der Waals surface area contributed by atoms with Gasteiger partial charge in [-0.05, 0) is 113 Å². The zero-order valence-corrected chi connectivity index (χ0v) is 33.4. The van der Waals surface area contributed by atoms with E-state index in [1.165, 1.54) is 60.8 Å². The lowest BCUT2D eigenvalue weighted by Crippen LogP contribution is -2.14. The summed E-state index contributed by atoms with van der Waals surface area (Å²) < 4.78 is 0. The molecule has 1 aliphatic rings. The molecule has 0 saturated carbocycles. The minimum Gasteiger partial charge on any atom is -0.398 e. The maximum Gasteiger partial charge on any atom is 0.0671 e. The van der Waals surface area contributed by atoms with Gasteiger partial charge in [-0.2, -0.15) is 0 Å². The van der Waals surface area contributed by atoms with Crippen molar-refractivity contribution in [2.45, 2.75) is 25.8 Å². The predicted molar refractivity (Wildman–Crippen MR) is 251 cm³/mol. The Labute approximate surface area is 346 Å². The van der Waals surface area contributed by atoms with Crippen LogP contribution in [-0.2, 0) is 12.0 Å². The van der Waals surface area contributed by atoms with Gasteiger partial charge in [-0.25, -0.2) is 0 Å². The quantitative estimate of drug-likeness (QED) is 0.154. The van der Waals surface area contributed by atoms with E-state index < -0.39 is 0 Å². The van der Waals surface area contributed by atoms with Crippen LogP contribution in [0.2, 0.25) is 0 Å². The number of nitrogens with two attached hydrogens (primary N) is 1. The second kappa shape index (κ2) is 14.9. The Morgan fingerprint density at radius 2 is 1.07 bits per heavy atom. The number of aliphatic imine (C=N–C) groups is 1. The third kappa shape index (κ3) is 6.73. The highest BCUT2D eigenvalue weighted by atomic mass is 14.7. The molecule has 0 saturated heterocycles. The standard InChI is InChI=1S/C57H44N2/c1-57(2)53-31-28-45(34-51(53)52-33-43-18-9-10-19-44(43)35-54(52)57)40-24-26-41(27-25-40)47-29-30-50(49-23-12-11-22-48(47)49)55(58)36-56(59-37-38-14-5-3-6-15-38)46-21-13-20-42(32-46)39-16-7-4-8-17-39/h3-36H,37,58H2,1-2H3/b55-36-,59-56?. The van der Waals surface area contributed by atoms with Crippen LogP contribution in [-0.4, -0.2) is 5.71 Å². The topological polar surface area (TPSA) is 38.4 Å². The fourth-order valence-corrected chi connectivity index (χ4v) is 8.96. The van der Waals surface area contributed by atoms with Crippen LogP contribution in [0.3, 0.4) is 0 Å². The van der Waals surface area contributed by atoms with Crippen molar-refractivity contribution in [2.24, 2.45) is 10.7 Å². The summed E-state index contributed by atoms with van der Waals surface area (Å²) in [5.41, 5.74) is 24.3. The van der Waals surface area contributed by atoms with E-state index in [0.29, 0.717) is 12.2 Å². The van der Waals surface area contributed by atoms with Gasteiger partial charge < -0.3 is 5.73 Å². The molecule has 0 heterocycles. The molecule has 2 N–H and O–H groups in total. The molecule has 0 atom stereocenters. The van der Waals surface area contributed by atoms with Crippen LogP contribution in [0.4, 0.5) is 0 Å². The Morgan fingerprint density at radius 3 is 1.85 bits per heavy atom. The van der Waals surface area contributed by atoms with Crippen molar-refractivity contribution >= 4 is 33.0 Å². The van der Waals surface area contributed by atoms with E-state index in [2.05, 4.69) is 202 Å². The number of nitrogens with zero attached hydrogens (tertiary/aromatic N) is 1. The number of rotatable bonds is 8. The minimum absolute atomic E-state index is 0.0487. The molecular formula is C57H44N2. The second-order valence-corrected chi connectivity index (χ2v) is 16.1. The Hall–Kier alpha value is -7.29. The van der Waals surface area contributed by atoms with Crippen molar-refractivity contribution in [3.63, 3.8) is 0 Å². The highest BCUT2D eigenvalue weighted by Gasteiger charge is 2.35. The Kier molecular flexibility index (Phi) is 9.11. The van der Waals surface area contributed by atoms with Gasteiger partial charge in [0.05, 0.1) is 12.3 Å². The van der Waals surface area contributed by atoms with Crippen molar-refractivity contribution in [1.82, 2.24) is 0 Å². The van der Waals surface area contributed by atoms with E-state index in [1.807, 2.05) is 18.2 Å². The van der Waals surface area contributed by atoms with Crippen LogP contribution in [0.1, 0.15) is 41.7 Å². The first kappa shape index (κ1) is 36.1. The third-order valence-electron chi connectivity index (χ3n) is 12.1. The van der Waals surface area contributed by atoms with Gasteiger partial charge in [-0.15, -0.1) is 0 Å². The van der Waals surface area contributed by atoms with E-state index in [1.54, 1.807) is 0 Å². The van der Waals surface area contributed by atoms with E-state index in [9.17, 15) is 0 Å². The smallest absolute Gasteiger partial charge is 0.0671 e. The normalized spacial score (nSPS) is 13.4. The van der Waals surface area contributed by atoms with E-state index in [-0.39, 0.29) is 5.41 Å². The Bertz CT molecular complexity index is 3080. The lowest BCUT2D eigenvalue weighted by Gasteiger charge is -2.22. The van der Waals surface area contributed by atoms with E-state index >= 15 is 0 Å². The van der Waals surface area contributed by atoms with Crippen LogP contribution in [0.5, 0.6) is 0 Å². The first-order chi connectivity index (χ1) is 28.9. The van der Waals surface area contributed by atoms with Crippen molar-refractivity contribution in [3.8, 4) is 44.5 Å². The summed E-state index contributed by atoms with van der Waals surface area (Å²) in [5, 5.41) is 4.84. The molecule has 9 aromatic carbocycles. The molecule has 0 amide bonds. The fraction of sp³-hybridized carbons (Fsp3) is 0.0702. The van der Waals surface area contributed by atoms with Crippen molar-refractivity contribution in [2.75, 3.05) is 0 Å². The zero-order chi connectivity index (χ0) is 39.9. The number of allylic oxidation sites excluding steroid dienone is 1. The van der Waals surface area contributed by atoms with Gasteiger partial charge >= 0.3 is 0 Å². The van der Waals surface area contributed by atoms with E-state index in [0.717, 1.165) is 38.7 Å². The van der Waals surface area contributed by atoms with Crippen LogP contribution < -0.4 is 5.73 Å². The first-order valence-corrected chi connectivity index (χ1v) is 20.4. The summed E-state index contributed by atoms with van der Waals surface area (Å²) in [6.07, 6.45) is 2.04. The summed E-state index contributed by atoms with van der Waals surface area (Å²) >= 11 is 0. The Balaban J connectivity index is 0.989. The number of hydrogen-bond donors (Lipinski definition) is 1. The molecule has 10 rings (SSSR count). The molecule has 0 spiro atoms. The summed E-state index contributed by atoms with van der Waals surface area (Å²) in [4.78, 5) is 5.15. The fourth-order valence-electron chi connectivity index (χ4n) is 8.96. The van der Waals surface area contributed by atoms with Crippen LogP contribution in [0.25, 0.3) is 71.7 Å². The van der Waals surface area contributed by atoms with Crippen LogP contribution >= 0.6 is 0 Å². The molecule has 9 aromatic rings. The highest BCUT2D eigenvalue weighted by molar-refractivity contribution is 6.14. The molecule has 0 bridgehead atoms. The lowest BCUT2D eigenvalue weighted by atomic mass is 9.81. The van der Waals surface area contributed by atoms with Gasteiger partial charge in [0, 0.05) is 22.2 Å². The molecule has 0 radical (unpaired) electrons. The van der Waals surface area contributed by atoms with E-state index in [4.69, 9.17) is 10.7 Å². The summed E-state index contributed by atoms with van der Waals surface area (Å²) in [6, 6.07) is 71.9. The third-order valence-corrected chi connectivity index (χ3v) is 12.1. The minimum atomic E-state index is -0.0487. The monoisotopic (exact) mass is 756 g/mol. The van der Waals surface area contributed by atoms with Crippen LogP contribution in [0.15, 0.2) is 211 Å². The molecule has 282 valence electrons. The molecule has 59 heavy (non-hydrogen) atoms. The Morgan fingerprint density at radius 1 is 0.475 bits per heavy atom. The maximum absolute atomic E-state index is 7.08. The second-order valence-electron chi connectivity index (χ2n) is 16.1. The lowest BCUT2D eigenvalue weighted by molar-refractivity contribution is 0.661. The molecule has 0 aliphatic heterocycles. The largest absolute Gasteiger partial charge is 0.398 e. The van der Waals surface area contributed by atoms with Crippen molar-refractivity contribution < 1.29 is 0 Å². The van der Waals surface area contributed by atoms with Gasteiger partial charge in [-0.1, -0.05) is 190 Å². The number of fused-ring (bicyclic) bond motifs is 5. The average Bonchev–Trinajstić information content (AvgIpc) is 3.51. The molecule has 0 fully saturated rings. The number of hydrogen-bond acceptors (Lipinski definition) is 2. The molecule has 1 aliphatic carbocycles. The maximum atomic E-state index is 7.08. The summed E-state index contributed by atoms with van der Waals surface area (Å²) in [5.74, 6) is 0. The zero-order valence-electron chi connectivity index (χ0n) is 33.4. The predicted octanol–water partition coefficient (Wildman–Crippen LogP) is 14.3. The highest BCUT2D eigenvalue weighted by Crippen LogP contribution is 2.51. The summed E-state index contributed by atoms with van der Waals surface area (Å²) in [7, 11) is 0. The van der Waals surface area contributed by atoms with Crippen molar-refractivity contribution in [3.05, 3.63) is 234 Å². The molecular weight excluding hydrogens is 713 g/mol. The van der Waals surface area contributed by atoms with Gasteiger partial charge in [0.1, 0.15) is 0 Å². The first-order valence-electron chi connectivity index (χ1n) is 20.4. The molecule has 0 aromatic heterocycles. The molecule has 0 unspecified atom stereocenters. The average molecular weight is 757 g/mol. The molecule has 2 nitrogen and oxygen atoms in total. The summed E-state index contributed by atoms with van der Waals surface area (Å²) in [6.45, 7) is 5.26. The number of benzene rings is 9. The van der Waals surface area contributed by atoms with Gasteiger partial charge in [0.2, 0.25) is 0 Å². The SMILES string of the molecule is CC1(C)c2ccc(-c3ccc(-c4ccc(/C(N)=C/C(=NCc5ccccc5)c5cccc(-c6ccccc6)c5)c5ccccc45)cc3)cc2-c2cc3ccccc3cc21. The van der Waals surface area contributed by atoms with Gasteiger partial charge in [-0.3, -0.25) is 4.99 Å². The van der Waals surface area contributed by atoms with Gasteiger partial charge in [0.25, 0.3) is 0 Å². The van der Waals surface area contributed by atoms with Gasteiger partial charge in [0.15, 0.2) is 0 Å².